The number of nitrogens with one attached hydrogen (secondary N) is 1. The Hall–Kier alpha value is -0.470. The average Bonchev–Trinajstić information content (AvgIpc) is 2.66. The van der Waals surface area contributed by atoms with Crippen molar-refractivity contribution in [3.8, 4) is 0 Å². The van der Waals surface area contributed by atoms with E-state index in [9.17, 15) is 8.42 Å². The zero-order chi connectivity index (χ0) is 11.3. The molecule has 7 heteroatoms. The molecule has 5 nitrogen and oxygen atoms in total. The Morgan fingerprint density at radius 2 is 2.27 bits per heavy atom. The lowest BCUT2D eigenvalue weighted by molar-refractivity contribution is 0.204. The van der Waals surface area contributed by atoms with Crippen LogP contribution in [0.3, 0.4) is 0 Å². The Bertz CT molecular complexity index is 400. The van der Waals surface area contributed by atoms with Gasteiger partial charge < -0.3 is 10.5 Å². The van der Waals surface area contributed by atoms with Crippen LogP contribution >= 0.6 is 11.3 Å². The number of thiophene rings is 1. The van der Waals surface area contributed by atoms with Crippen molar-refractivity contribution in [1.82, 2.24) is 4.72 Å². The molecular weight excluding hydrogens is 236 g/mol. The summed E-state index contributed by atoms with van der Waals surface area (Å²) in [5.74, 6) is 0. The van der Waals surface area contributed by atoms with Gasteiger partial charge in [-0.15, -0.1) is 11.3 Å². The summed E-state index contributed by atoms with van der Waals surface area (Å²) in [4.78, 5) is 0.849. The normalized spacial score (nSPS) is 11.9. The molecule has 0 bridgehead atoms. The van der Waals surface area contributed by atoms with E-state index in [1.54, 1.807) is 12.1 Å². The van der Waals surface area contributed by atoms with E-state index in [0.29, 0.717) is 17.4 Å². The highest BCUT2D eigenvalue weighted by Gasteiger charge is 2.15. The maximum atomic E-state index is 11.6. The van der Waals surface area contributed by atoms with Gasteiger partial charge in [0, 0.05) is 25.1 Å². The van der Waals surface area contributed by atoms with Crippen LogP contribution in [0.25, 0.3) is 0 Å². The van der Waals surface area contributed by atoms with Crippen LogP contribution < -0.4 is 10.5 Å². The molecule has 0 radical (unpaired) electrons. The van der Waals surface area contributed by atoms with Gasteiger partial charge in [0.05, 0.1) is 6.61 Å². The fourth-order valence-electron chi connectivity index (χ4n) is 0.962. The van der Waals surface area contributed by atoms with Crippen molar-refractivity contribution in [3.05, 3.63) is 17.0 Å². The van der Waals surface area contributed by atoms with Crippen molar-refractivity contribution in [2.75, 3.05) is 20.3 Å². The van der Waals surface area contributed by atoms with Crippen LogP contribution in [0.15, 0.2) is 16.3 Å². The number of sulfonamides is 1. The molecule has 1 aromatic rings. The molecule has 86 valence electrons. The summed E-state index contributed by atoms with van der Waals surface area (Å²) in [6.45, 7) is 0.987. The Morgan fingerprint density at radius 3 is 2.80 bits per heavy atom. The monoisotopic (exact) mass is 250 g/mol. The summed E-state index contributed by atoms with van der Waals surface area (Å²) in [5, 5.41) is 0. The lowest BCUT2D eigenvalue weighted by Crippen LogP contribution is -2.26. The van der Waals surface area contributed by atoms with Gasteiger partial charge in [-0.2, -0.15) is 0 Å². The summed E-state index contributed by atoms with van der Waals surface area (Å²) < 4.78 is 30.8. The van der Waals surface area contributed by atoms with Crippen molar-refractivity contribution in [2.24, 2.45) is 5.73 Å². The first-order valence-corrected chi connectivity index (χ1v) is 6.67. The first kappa shape index (κ1) is 12.6. The highest BCUT2D eigenvalue weighted by molar-refractivity contribution is 7.91. The van der Waals surface area contributed by atoms with Crippen molar-refractivity contribution in [2.45, 2.75) is 10.8 Å². The molecule has 0 aliphatic carbocycles. The lowest BCUT2D eigenvalue weighted by Gasteiger charge is -2.03. The summed E-state index contributed by atoms with van der Waals surface area (Å²) in [7, 11) is -1.87. The van der Waals surface area contributed by atoms with E-state index >= 15 is 0 Å². The van der Waals surface area contributed by atoms with Crippen molar-refractivity contribution < 1.29 is 13.2 Å². The van der Waals surface area contributed by atoms with E-state index in [4.69, 9.17) is 10.5 Å². The Labute approximate surface area is 93.3 Å². The molecule has 15 heavy (non-hydrogen) atoms. The van der Waals surface area contributed by atoms with Crippen LogP contribution in [0.4, 0.5) is 0 Å². The van der Waals surface area contributed by atoms with Crippen LogP contribution in [0.1, 0.15) is 4.88 Å². The minimum absolute atomic E-state index is 0.273. The highest BCUT2D eigenvalue weighted by Crippen LogP contribution is 2.20. The molecule has 0 unspecified atom stereocenters. The summed E-state index contributed by atoms with van der Waals surface area (Å²) in [6.07, 6.45) is 0. The van der Waals surface area contributed by atoms with Gasteiger partial charge in [0.25, 0.3) is 0 Å². The number of methoxy groups -OCH3 is 1. The number of nitrogens with two attached hydrogens (primary N) is 1. The predicted octanol–water partition coefficient (Wildman–Crippen LogP) is 0.131. The second-order valence-electron chi connectivity index (χ2n) is 2.82. The second-order valence-corrected chi connectivity index (χ2v) is 5.98. The molecule has 0 aromatic carbocycles. The van der Waals surface area contributed by atoms with Crippen molar-refractivity contribution in [3.63, 3.8) is 0 Å². The van der Waals surface area contributed by atoms with Gasteiger partial charge in [0.1, 0.15) is 4.21 Å². The van der Waals surface area contributed by atoms with E-state index in [-0.39, 0.29) is 6.54 Å². The standard InChI is InChI=1S/C8H14N2O3S2/c1-13-5-4-10-15(11,12)8-3-2-7(6-9)14-8/h2-3,10H,4-6,9H2,1H3. The van der Waals surface area contributed by atoms with Crippen molar-refractivity contribution in [1.29, 1.82) is 0 Å². The fraction of sp³-hybridized carbons (Fsp3) is 0.500. The van der Waals surface area contributed by atoms with Gasteiger partial charge in [0.15, 0.2) is 0 Å². The van der Waals surface area contributed by atoms with Gasteiger partial charge in [-0.25, -0.2) is 13.1 Å². The maximum absolute atomic E-state index is 11.6. The molecular formula is C8H14N2O3S2. The molecule has 1 heterocycles. The number of hydrogen-bond acceptors (Lipinski definition) is 5. The zero-order valence-corrected chi connectivity index (χ0v) is 10.0. The Morgan fingerprint density at radius 1 is 1.53 bits per heavy atom. The quantitative estimate of drug-likeness (QED) is 0.703. The molecule has 0 amide bonds. The Balaban J connectivity index is 2.68. The minimum atomic E-state index is -3.39. The van der Waals surface area contributed by atoms with Crippen LogP contribution in [-0.2, 0) is 21.3 Å². The van der Waals surface area contributed by atoms with E-state index in [1.807, 2.05) is 0 Å². The van der Waals surface area contributed by atoms with E-state index in [2.05, 4.69) is 4.72 Å². The first-order valence-electron chi connectivity index (χ1n) is 4.37. The highest BCUT2D eigenvalue weighted by atomic mass is 32.2. The molecule has 0 fully saturated rings. The van der Waals surface area contributed by atoms with Gasteiger partial charge in [-0.3, -0.25) is 0 Å². The zero-order valence-electron chi connectivity index (χ0n) is 8.39. The Kier molecular flexibility index (Phi) is 4.68. The van der Waals surface area contributed by atoms with Crippen LogP contribution in [0, 0.1) is 0 Å². The van der Waals surface area contributed by atoms with Gasteiger partial charge >= 0.3 is 0 Å². The van der Waals surface area contributed by atoms with E-state index in [0.717, 1.165) is 4.88 Å². The number of hydrogen-bond donors (Lipinski definition) is 2. The molecule has 0 saturated carbocycles. The molecule has 3 N–H and O–H groups in total. The summed E-state index contributed by atoms with van der Waals surface area (Å²) >= 11 is 1.18. The maximum Gasteiger partial charge on any atom is 0.250 e. The van der Waals surface area contributed by atoms with Crippen LogP contribution in [0.5, 0.6) is 0 Å². The van der Waals surface area contributed by atoms with Crippen molar-refractivity contribution >= 4 is 21.4 Å². The van der Waals surface area contributed by atoms with Gasteiger partial charge in [0.2, 0.25) is 10.0 Å². The molecule has 1 aromatic heterocycles. The third-order valence-corrected chi connectivity index (χ3v) is 4.76. The third-order valence-electron chi connectivity index (χ3n) is 1.70. The summed E-state index contributed by atoms with van der Waals surface area (Å²) in [5.41, 5.74) is 5.40. The molecule has 0 aliphatic rings. The SMILES string of the molecule is COCCNS(=O)(=O)c1ccc(CN)s1. The second kappa shape index (κ2) is 5.57. The largest absolute Gasteiger partial charge is 0.383 e. The molecule has 0 spiro atoms. The molecule has 0 atom stereocenters. The fourth-order valence-corrected chi connectivity index (χ4v) is 3.25. The van der Waals surface area contributed by atoms with Gasteiger partial charge in [-0.05, 0) is 12.1 Å². The third kappa shape index (κ3) is 3.54. The van der Waals surface area contributed by atoms with Crippen LogP contribution in [0.2, 0.25) is 0 Å². The van der Waals surface area contributed by atoms with Gasteiger partial charge in [-0.1, -0.05) is 0 Å². The molecule has 0 aliphatic heterocycles. The number of rotatable bonds is 6. The molecule has 0 saturated heterocycles. The number of ether oxygens (including phenoxy) is 1. The minimum Gasteiger partial charge on any atom is -0.383 e. The first-order chi connectivity index (χ1) is 7.10. The van der Waals surface area contributed by atoms with E-state index < -0.39 is 10.0 Å². The van der Waals surface area contributed by atoms with E-state index in [1.165, 1.54) is 18.4 Å². The predicted molar refractivity (Wildman–Crippen MR) is 59.3 cm³/mol. The molecule has 1 rings (SSSR count). The van der Waals surface area contributed by atoms with Crippen LogP contribution in [-0.4, -0.2) is 28.7 Å². The average molecular weight is 250 g/mol. The lowest BCUT2D eigenvalue weighted by atomic mass is 10.5. The summed E-state index contributed by atoms with van der Waals surface area (Å²) in [6, 6.07) is 3.28. The topological polar surface area (TPSA) is 81.4 Å². The smallest absolute Gasteiger partial charge is 0.250 e.